The van der Waals surface area contributed by atoms with Crippen molar-refractivity contribution in [1.29, 1.82) is 0 Å². The van der Waals surface area contributed by atoms with Crippen LogP contribution in [0.15, 0.2) is 18.2 Å². The largest absolute Gasteiger partial charge is 0.497 e. The van der Waals surface area contributed by atoms with Crippen LogP contribution in [-0.4, -0.2) is 83.3 Å². The molecule has 3 heterocycles. The third-order valence-corrected chi connectivity index (χ3v) is 9.91. The highest BCUT2D eigenvalue weighted by molar-refractivity contribution is 5.92. The van der Waals surface area contributed by atoms with Gasteiger partial charge in [0.25, 0.3) is 5.92 Å². The van der Waals surface area contributed by atoms with Gasteiger partial charge < -0.3 is 29.2 Å². The lowest BCUT2D eigenvalue weighted by molar-refractivity contribution is -0.141. The number of alkyl halides is 2. The summed E-state index contributed by atoms with van der Waals surface area (Å²) in [6.07, 6.45) is 0.473. The van der Waals surface area contributed by atoms with E-state index in [9.17, 15) is 14.4 Å². The molecule has 2 bridgehead atoms. The van der Waals surface area contributed by atoms with Gasteiger partial charge in [-0.05, 0) is 57.1 Å². The molecule has 6 atom stereocenters. The molecule has 5 rings (SSSR count). The number of alkyl carbamates (subject to hydrolysis) is 1. The molecule has 47 heavy (non-hydrogen) atoms. The van der Waals surface area contributed by atoms with Crippen LogP contribution >= 0.6 is 0 Å². The average Bonchev–Trinajstić information content (AvgIpc) is 3.52. The minimum Gasteiger partial charge on any atom is -0.497 e. The number of carbonyl (C=O) groups excluding carboxylic acids is 3. The Morgan fingerprint density at radius 2 is 1.85 bits per heavy atom. The van der Waals surface area contributed by atoms with Crippen LogP contribution in [-0.2, 0) is 25.0 Å². The lowest BCUT2D eigenvalue weighted by Crippen LogP contribution is -2.58. The topological polar surface area (TPSA) is 129 Å². The molecule has 1 aromatic heterocycles. The van der Waals surface area contributed by atoms with Crippen molar-refractivity contribution in [2.75, 3.05) is 26.9 Å². The minimum absolute atomic E-state index is 0.0507. The van der Waals surface area contributed by atoms with Crippen molar-refractivity contribution in [3.8, 4) is 11.6 Å². The quantitative estimate of drug-likeness (QED) is 0.449. The van der Waals surface area contributed by atoms with Crippen molar-refractivity contribution >= 4 is 28.8 Å². The average molecular weight is 661 g/mol. The number of nitrogens with zero attached hydrogens (tertiary/aromatic N) is 3. The number of carbonyl (C=O) groups is 3. The molecule has 1 aliphatic carbocycles. The van der Waals surface area contributed by atoms with Gasteiger partial charge in [0.15, 0.2) is 11.5 Å². The van der Waals surface area contributed by atoms with Crippen molar-refractivity contribution in [3.05, 3.63) is 23.9 Å². The smallest absolute Gasteiger partial charge is 0.408 e. The Morgan fingerprint density at radius 1 is 1.11 bits per heavy atom. The third-order valence-electron chi connectivity index (χ3n) is 9.91. The van der Waals surface area contributed by atoms with E-state index in [1.54, 1.807) is 25.1 Å². The van der Waals surface area contributed by atoms with E-state index in [4.69, 9.17) is 18.9 Å². The summed E-state index contributed by atoms with van der Waals surface area (Å²) in [5, 5.41) is 2.80. The van der Waals surface area contributed by atoms with E-state index in [-0.39, 0.29) is 42.5 Å². The summed E-state index contributed by atoms with van der Waals surface area (Å²) >= 11 is 0. The summed E-state index contributed by atoms with van der Waals surface area (Å²) < 4.78 is 55.2. The Kier molecular flexibility index (Phi) is 9.69. The number of rotatable bonds is 2. The molecule has 11 nitrogen and oxygen atoms in total. The van der Waals surface area contributed by atoms with E-state index in [1.807, 2.05) is 27.7 Å². The molecule has 13 heteroatoms. The molecule has 0 unspecified atom stereocenters. The van der Waals surface area contributed by atoms with Crippen molar-refractivity contribution < 1.29 is 42.1 Å². The number of nitrogens with one attached hydrogen (secondary N) is 1. The first-order valence-electron chi connectivity index (χ1n) is 16.3. The maximum absolute atomic E-state index is 16.0. The van der Waals surface area contributed by atoms with Crippen molar-refractivity contribution in [2.45, 2.75) is 103 Å². The van der Waals surface area contributed by atoms with Gasteiger partial charge in [-0.1, -0.05) is 27.7 Å². The number of hydrogen-bond donors (Lipinski definition) is 1. The van der Waals surface area contributed by atoms with E-state index >= 15 is 8.78 Å². The van der Waals surface area contributed by atoms with Crippen LogP contribution < -0.4 is 14.8 Å². The molecule has 2 aliphatic heterocycles. The molecule has 1 N–H and O–H groups in total. The molecule has 0 spiro atoms. The van der Waals surface area contributed by atoms with E-state index in [2.05, 4.69) is 15.3 Å². The highest BCUT2D eigenvalue weighted by atomic mass is 19.3. The highest BCUT2D eigenvalue weighted by Gasteiger charge is 2.50. The SMILES string of the molecule is COc1ccc2nc3c(nc2c1)O[C@H]1CN(C(=O)[C@H](C(C)(C)C)NC(=O)O[C@]2(C)CCC[C@H]2CCOCCC3(F)F)[C@H](C(C)=O)[C@@H]1C. The first-order valence-corrected chi connectivity index (χ1v) is 16.3. The van der Waals surface area contributed by atoms with Crippen LogP contribution in [0.2, 0.25) is 0 Å². The van der Waals surface area contributed by atoms with Crippen LogP contribution in [0.5, 0.6) is 11.6 Å². The number of fused-ring (bicyclic) bond motifs is 5. The second-order valence-electron chi connectivity index (χ2n) is 14.4. The number of hydrogen-bond acceptors (Lipinski definition) is 9. The maximum atomic E-state index is 16.0. The first-order chi connectivity index (χ1) is 22.0. The van der Waals surface area contributed by atoms with Gasteiger partial charge in [-0.2, -0.15) is 8.78 Å². The molecule has 1 saturated heterocycles. The molecule has 1 aromatic carbocycles. The second kappa shape index (κ2) is 13.1. The van der Waals surface area contributed by atoms with Gasteiger partial charge in [0.1, 0.15) is 23.5 Å². The van der Waals surface area contributed by atoms with Gasteiger partial charge in [0, 0.05) is 30.9 Å². The molecule has 1 saturated carbocycles. The lowest BCUT2D eigenvalue weighted by Gasteiger charge is -2.37. The fraction of sp³-hybridized carbons (Fsp3) is 0.676. The molecular formula is C34H46F2N4O7. The number of ketones is 1. The number of halogens is 2. The molecule has 2 aromatic rings. The lowest BCUT2D eigenvalue weighted by atomic mass is 9.85. The maximum Gasteiger partial charge on any atom is 0.408 e. The molecular weight excluding hydrogens is 614 g/mol. The first kappa shape index (κ1) is 34.7. The molecule has 258 valence electrons. The number of amides is 2. The Balaban J connectivity index is 1.58. The molecule has 2 fully saturated rings. The van der Waals surface area contributed by atoms with Crippen LogP contribution in [0.1, 0.15) is 79.3 Å². The molecule has 0 radical (unpaired) electrons. The highest BCUT2D eigenvalue weighted by Crippen LogP contribution is 2.42. The molecule has 3 aliphatic rings. The van der Waals surface area contributed by atoms with E-state index in [1.165, 1.54) is 18.9 Å². The Bertz CT molecular complexity index is 1520. The number of benzene rings is 1. The van der Waals surface area contributed by atoms with Crippen molar-refractivity contribution in [3.63, 3.8) is 0 Å². The van der Waals surface area contributed by atoms with Gasteiger partial charge in [0.2, 0.25) is 11.8 Å². The third kappa shape index (κ3) is 7.14. The summed E-state index contributed by atoms with van der Waals surface area (Å²) in [4.78, 5) is 50.8. The summed E-state index contributed by atoms with van der Waals surface area (Å²) in [5.41, 5.74) is -1.71. The standard InChI is InChI=1S/C34H46F2N4O7/c1-19-25-18-40(26(19)20(2)41)30(42)28(32(3,4)5)39-31(43)47-33(6)13-8-9-21(33)12-15-45-16-14-34(35,36)27-29(46-25)38-24-17-22(44-7)10-11-23(24)37-27/h10-11,17,19,21,25-26,28H,8-9,12-16,18H2,1-7H3,(H,39,43)/t19-,21+,25+,26+,28-,33-/m1/s1. The van der Waals surface area contributed by atoms with E-state index in [0.29, 0.717) is 18.6 Å². The van der Waals surface area contributed by atoms with Crippen LogP contribution in [0.4, 0.5) is 13.6 Å². The summed E-state index contributed by atoms with van der Waals surface area (Å²) in [6, 6.07) is 2.76. The van der Waals surface area contributed by atoms with Gasteiger partial charge in [-0.3, -0.25) is 9.59 Å². The monoisotopic (exact) mass is 660 g/mol. The van der Waals surface area contributed by atoms with Crippen LogP contribution in [0.25, 0.3) is 11.0 Å². The zero-order valence-corrected chi connectivity index (χ0v) is 28.2. The number of ether oxygens (including phenoxy) is 4. The van der Waals surface area contributed by atoms with E-state index in [0.717, 1.165) is 12.8 Å². The number of Topliss-reactive ketones (excluding diaryl/α,β-unsaturated/α-hetero) is 1. The number of aromatic nitrogens is 2. The minimum atomic E-state index is -3.48. The van der Waals surface area contributed by atoms with Gasteiger partial charge >= 0.3 is 6.09 Å². The van der Waals surface area contributed by atoms with Gasteiger partial charge in [-0.15, -0.1) is 0 Å². The normalized spacial score (nSPS) is 30.6. The van der Waals surface area contributed by atoms with Crippen LogP contribution in [0.3, 0.4) is 0 Å². The second-order valence-corrected chi connectivity index (χ2v) is 14.4. The predicted molar refractivity (Wildman–Crippen MR) is 168 cm³/mol. The van der Waals surface area contributed by atoms with Gasteiger partial charge in [-0.25, -0.2) is 14.8 Å². The van der Waals surface area contributed by atoms with Crippen LogP contribution in [0, 0.1) is 17.3 Å². The predicted octanol–water partition coefficient (Wildman–Crippen LogP) is 5.42. The van der Waals surface area contributed by atoms with Crippen molar-refractivity contribution in [1.82, 2.24) is 20.2 Å². The number of methoxy groups -OCH3 is 1. The summed E-state index contributed by atoms with van der Waals surface area (Å²) in [7, 11) is 1.48. The Morgan fingerprint density at radius 3 is 2.53 bits per heavy atom. The Hall–Kier alpha value is -3.61. The summed E-state index contributed by atoms with van der Waals surface area (Å²) in [6.45, 7) is 10.3. The van der Waals surface area contributed by atoms with Crippen molar-refractivity contribution in [2.24, 2.45) is 17.3 Å². The fourth-order valence-electron chi connectivity index (χ4n) is 7.14. The van der Waals surface area contributed by atoms with E-state index < -0.39 is 71.0 Å². The van der Waals surface area contributed by atoms with Gasteiger partial charge in [0.05, 0.1) is 37.3 Å². The molecule has 2 amide bonds. The zero-order chi connectivity index (χ0) is 34.3. The fourth-order valence-corrected chi connectivity index (χ4v) is 7.14. The summed E-state index contributed by atoms with van der Waals surface area (Å²) in [5.74, 6) is -4.85. The zero-order valence-electron chi connectivity index (χ0n) is 28.2. The Labute approximate surface area is 274 Å².